The number of hydrogen-bond donors (Lipinski definition) is 1. The maximum Gasteiger partial charge on any atom is 0.293 e. The first kappa shape index (κ1) is 25.9. The lowest BCUT2D eigenvalue weighted by Gasteiger charge is -2.31. The summed E-state index contributed by atoms with van der Waals surface area (Å²) in [6.07, 6.45) is 4.28. The van der Waals surface area contributed by atoms with Gasteiger partial charge < -0.3 is 24.3 Å². The number of nitrogens with zero attached hydrogens (tertiary/aromatic N) is 4. The lowest BCUT2D eigenvalue weighted by Crippen LogP contribution is -2.35. The Hall–Kier alpha value is -3.17. The van der Waals surface area contributed by atoms with Crippen LogP contribution < -0.4 is 20.5 Å². The van der Waals surface area contributed by atoms with Gasteiger partial charge in [-0.05, 0) is 43.0 Å². The topological polar surface area (TPSA) is 98.6 Å². The van der Waals surface area contributed by atoms with Crippen molar-refractivity contribution >= 4 is 45.7 Å². The van der Waals surface area contributed by atoms with Crippen molar-refractivity contribution in [2.24, 2.45) is 5.92 Å². The first-order valence-electron chi connectivity index (χ1n) is 12.2. The summed E-state index contributed by atoms with van der Waals surface area (Å²) in [4.78, 5) is 36.1. The van der Waals surface area contributed by atoms with Crippen LogP contribution in [0.5, 0.6) is 5.75 Å². The second kappa shape index (κ2) is 11.7. The highest BCUT2D eigenvalue weighted by Gasteiger charge is 2.20. The molecule has 1 N–H and O–H groups in total. The predicted molar refractivity (Wildman–Crippen MR) is 142 cm³/mol. The minimum atomic E-state index is -0.302. The molecule has 192 valence electrons. The molecule has 0 saturated carbocycles. The summed E-state index contributed by atoms with van der Waals surface area (Å²) in [5, 5.41) is 4.48. The van der Waals surface area contributed by atoms with Gasteiger partial charge in [-0.3, -0.25) is 9.59 Å². The number of carbonyl (C=O) groups excluding carboxylic acids is 1. The molecule has 1 fully saturated rings. The molecule has 3 aromatic rings. The standard InChI is InChI=1S/C26H32ClN5O4/c1-4-20(33)16-36-23-13-18-12-19(7-8-22(18)32(25(23)34)10-11-35-3)29-24-21(27)14-28-26(30-24)31-9-5-6-17(2)15-31/h7-8,12-14,17H,4-6,9-11,15-16H2,1-3H3,(H,28,29,30)/t17-/m0/s1. The van der Waals surface area contributed by atoms with Crippen LogP contribution in [0.4, 0.5) is 17.5 Å². The molecule has 2 aromatic heterocycles. The van der Waals surface area contributed by atoms with Crippen LogP contribution >= 0.6 is 11.6 Å². The Labute approximate surface area is 215 Å². The zero-order valence-electron chi connectivity index (χ0n) is 20.9. The SMILES string of the molecule is CCC(=O)COc1cc2cc(Nc3nc(N4CCC[C@H](C)C4)ncc3Cl)ccc2n(CCOC)c1=O. The van der Waals surface area contributed by atoms with Gasteiger partial charge in [-0.25, -0.2) is 4.98 Å². The molecule has 9 nitrogen and oxygen atoms in total. The molecular weight excluding hydrogens is 482 g/mol. The number of anilines is 3. The van der Waals surface area contributed by atoms with Crippen LogP contribution in [0.3, 0.4) is 0 Å². The van der Waals surface area contributed by atoms with E-state index in [2.05, 4.69) is 22.1 Å². The summed E-state index contributed by atoms with van der Waals surface area (Å²) in [5.41, 5.74) is 1.17. The zero-order valence-corrected chi connectivity index (χ0v) is 21.7. The lowest BCUT2D eigenvalue weighted by atomic mass is 10.0. The Morgan fingerprint density at radius 2 is 2.14 bits per heavy atom. The molecule has 0 radical (unpaired) electrons. The van der Waals surface area contributed by atoms with Gasteiger partial charge in [0.25, 0.3) is 5.56 Å². The number of benzene rings is 1. The van der Waals surface area contributed by atoms with Gasteiger partial charge in [0, 0.05) is 44.2 Å². The van der Waals surface area contributed by atoms with E-state index in [-0.39, 0.29) is 23.7 Å². The molecule has 1 aromatic carbocycles. The van der Waals surface area contributed by atoms with Crippen molar-refractivity contribution in [2.45, 2.75) is 39.7 Å². The minimum Gasteiger partial charge on any atom is -0.480 e. The summed E-state index contributed by atoms with van der Waals surface area (Å²) >= 11 is 6.43. The van der Waals surface area contributed by atoms with E-state index in [0.717, 1.165) is 36.1 Å². The largest absolute Gasteiger partial charge is 0.480 e. The van der Waals surface area contributed by atoms with Gasteiger partial charge >= 0.3 is 0 Å². The van der Waals surface area contributed by atoms with Gasteiger partial charge in [0.05, 0.1) is 18.3 Å². The Bertz CT molecular complexity index is 1300. The van der Waals surface area contributed by atoms with Crippen molar-refractivity contribution in [1.29, 1.82) is 0 Å². The number of aromatic nitrogens is 3. The first-order chi connectivity index (χ1) is 17.4. The fraction of sp³-hybridized carbons (Fsp3) is 0.462. The fourth-order valence-corrected chi connectivity index (χ4v) is 4.45. The Morgan fingerprint density at radius 3 is 2.89 bits per heavy atom. The van der Waals surface area contributed by atoms with Gasteiger partial charge in [0.2, 0.25) is 5.95 Å². The van der Waals surface area contributed by atoms with E-state index in [4.69, 9.17) is 26.1 Å². The third kappa shape index (κ3) is 5.96. The van der Waals surface area contributed by atoms with Crippen LogP contribution in [0.25, 0.3) is 10.9 Å². The molecular formula is C26H32ClN5O4. The zero-order chi connectivity index (χ0) is 25.7. The Kier molecular flexibility index (Phi) is 8.43. The van der Waals surface area contributed by atoms with Crippen molar-refractivity contribution in [2.75, 3.05) is 43.6 Å². The van der Waals surface area contributed by atoms with Gasteiger partial charge in [-0.15, -0.1) is 0 Å². The summed E-state index contributed by atoms with van der Waals surface area (Å²) < 4.78 is 12.4. The van der Waals surface area contributed by atoms with E-state index in [9.17, 15) is 9.59 Å². The normalized spacial score (nSPS) is 15.8. The van der Waals surface area contributed by atoms with E-state index in [1.54, 1.807) is 30.9 Å². The first-order valence-corrected chi connectivity index (χ1v) is 12.6. The van der Waals surface area contributed by atoms with Crippen molar-refractivity contribution in [1.82, 2.24) is 14.5 Å². The number of methoxy groups -OCH3 is 1. The third-order valence-corrected chi connectivity index (χ3v) is 6.57. The average Bonchev–Trinajstić information content (AvgIpc) is 2.88. The van der Waals surface area contributed by atoms with Crippen molar-refractivity contribution < 1.29 is 14.3 Å². The predicted octanol–water partition coefficient (Wildman–Crippen LogP) is 4.43. The molecule has 0 amide bonds. The number of hydrogen-bond acceptors (Lipinski definition) is 8. The number of carbonyl (C=O) groups is 1. The number of ketones is 1. The molecule has 4 rings (SSSR count). The van der Waals surface area contributed by atoms with E-state index in [1.165, 1.54) is 6.42 Å². The van der Waals surface area contributed by atoms with Crippen molar-refractivity contribution in [3.8, 4) is 5.75 Å². The smallest absolute Gasteiger partial charge is 0.293 e. The molecule has 0 bridgehead atoms. The molecule has 36 heavy (non-hydrogen) atoms. The molecule has 0 aliphatic carbocycles. The summed E-state index contributed by atoms with van der Waals surface area (Å²) in [6.45, 7) is 6.40. The highest BCUT2D eigenvalue weighted by molar-refractivity contribution is 6.32. The number of piperidine rings is 1. The van der Waals surface area contributed by atoms with E-state index >= 15 is 0 Å². The number of pyridine rings is 1. The fourth-order valence-electron chi connectivity index (χ4n) is 4.31. The maximum absolute atomic E-state index is 13.0. The lowest BCUT2D eigenvalue weighted by molar-refractivity contribution is -0.120. The van der Waals surface area contributed by atoms with Gasteiger partial charge in [0.1, 0.15) is 11.6 Å². The summed E-state index contributed by atoms with van der Waals surface area (Å²) in [5.74, 6) is 1.80. The number of halogens is 1. The van der Waals surface area contributed by atoms with E-state index in [1.807, 2.05) is 18.2 Å². The molecule has 1 saturated heterocycles. The summed E-state index contributed by atoms with van der Waals surface area (Å²) in [6, 6.07) is 7.29. The highest BCUT2D eigenvalue weighted by atomic mass is 35.5. The van der Waals surface area contributed by atoms with Gasteiger partial charge in [-0.2, -0.15) is 4.98 Å². The van der Waals surface area contributed by atoms with Crippen LogP contribution in [0.15, 0.2) is 35.3 Å². The number of ether oxygens (including phenoxy) is 2. The van der Waals surface area contributed by atoms with Crippen LogP contribution in [0, 0.1) is 5.92 Å². The molecule has 1 aliphatic heterocycles. The quantitative estimate of drug-likeness (QED) is 0.425. The van der Waals surface area contributed by atoms with Crippen molar-refractivity contribution in [3.05, 3.63) is 45.8 Å². The van der Waals surface area contributed by atoms with E-state index in [0.29, 0.717) is 42.3 Å². The second-order valence-corrected chi connectivity index (χ2v) is 9.50. The molecule has 0 spiro atoms. The monoisotopic (exact) mass is 513 g/mol. The molecule has 1 aliphatic rings. The molecule has 0 unspecified atom stereocenters. The van der Waals surface area contributed by atoms with E-state index < -0.39 is 0 Å². The van der Waals surface area contributed by atoms with Gasteiger partial charge in [0.15, 0.2) is 17.4 Å². The number of rotatable bonds is 10. The molecule has 3 heterocycles. The van der Waals surface area contributed by atoms with Crippen LogP contribution in [0.1, 0.15) is 33.1 Å². The second-order valence-electron chi connectivity index (χ2n) is 9.10. The number of Topliss-reactive ketones (excluding diaryl/α,β-unsaturated/α-hetero) is 1. The number of fused-ring (bicyclic) bond motifs is 1. The third-order valence-electron chi connectivity index (χ3n) is 6.30. The van der Waals surface area contributed by atoms with Gasteiger partial charge in [-0.1, -0.05) is 25.4 Å². The summed E-state index contributed by atoms with van der Waals surface area (Å²) in [7, 11) is 1.58. The highest BCUT2D eigenvalue weighted by Crippen LogP contribution is 2.29. The molecule has 10 heteroatoms. The Morgan fingerprint density at radius 1 is 1.31 bits per heavy atom. The number of nitrogens with one attached hydrogen (secondary N) is 1. The minimum absolute atomic E-state index is 0.0781. The Balaban J connectivity index is 1.66. The maximum atomic E-state index is 13.0. The van der Waals surface area contributed by atoms with Crippen molar-refractivity contribution in [3.63, 3.8) is 0 Å². The van der Waals surface area contributed by atoms with Crippen LogP contribution in [-0.4, -0.2) is 53.7 Å². The molecule has 1 atom stereocenters. The average molecular weight is 514 g/mol. The van der Waals surface area contributed by atoms with Crippen LogP contribution in [0.2, 0.25) is 5.02 Å². The van der Waals surface area contributed by atoms with Crippen LogP contribution in [-0.2, 0) is 16.1 Å².